The molecule has 1 fully saturated rings. The summed E-state index contributed by atoms with van der Waals surface area (Å²) >= 11 is 0. The summed E-state index contributed by atoms with van der Waals surface area (Å²) in [7, 11) is 0. The molecule has 0 spiro atoms. The third-order valence-electron chi connectivity index (χ3n) is 6.22. The van der Waals surface area contributed by atoms with Crippen LogP contribution in [0.1, 0.15) is 54.1 Å². The zero-order valence-electron chi connectivity index (χ0n) is 17.9. The largest absolute Gasteiger partial charge is 0.478 e. The van der Waals surface area contributed by atoms with Crippen LogP contribution < -0.4 is 5.32 Å². The van der Waals surface area contributed by atoms with Gasteiger partial charge in [0.1, 0.15) is 5.82 Å². The molecule has 2 aromatic carbocycles. The summed E-state index contributed by atoms with van der Waals surface area (Å²) in [6.07, 6.45) is 9.53. The van der Waals surface area contributed by atoms with Gasteiger partial charge < -0.3 is 15.0 Å². The van der Waals surface area contributed by atoms with E-state index in [1.54, 1.807) is 18.3 Å². The topological polar surface area (TPSA) is 80.0 Å². The fourth-order valence-corrected chi connectivity index (χ4v) is 4.64. The molecule has 0 aliphatic heterocycles. The van der Waals surface area contributed by atoms with E-state index < -0.39 is 5.97 Å². The number of carboxylic acid groups (broad SMARTS) is 1. The lowest BCUT2D eigenvalue weighted by molar-refractivity contribution is 0.0697. The average molecular weight is 427 g/mol. The number of carbonyl (C=O) groups is 1. The van der Waals surface area contributed by atoms with E-state index in [9.17, 15) is 9.90 Å². The summed E-state index contributed by atoms with van der Waals surface area (Å²) in [4.78, 5) is 20.6. The molecule has 6 nitrogen and oxygen atoms in total. The maximum atomic E-state index is 11.5. The summed E-state index contributed by atoms with van der Waals surface area (Å²) in [5.74, 6) is -0.0122. The van der Waals surface area contributed by atoms with Gasteiger partial charge in [-0.3, -0.25) is 4.98 Å². The molecule has 0 unspecified atom stereocenters. The lowest BCUT2D eigenvalue weighted by Gasteiger charge is -2.25. The molecule has 1 aliphatic rings. The first-order valence-corrected chi connectivity index (χ1v) is 11.2. The second-order valence-corrected chi connectivity index (χ2v) is 8.40. The molecule has 2 heterocycles. The number of nitrogens with one attached hydrogen (secondary N) is 1. The van der Waals surface area contributed by atoms with Gasteiger partial charge in [0.05, 0.1) is 22.3 Å². The summed E-state index contributed by atoms with van der Waals surface area (Å²) in [6.45, 7) is 0.687. The normalized spacial score (nSPS) is 14.5. The molecular weight excluding hydrogens is 400 g/mol. The quantitative estimate of drug-likeness (QED) is 0.400. The number of anilines is 1. The first-order valence-electron chi connectivity index (χ1n) is 11.2. The first kappa shape index (κ1) is 20.2. The number of nitrogens with zero attached hydrogens (tertiary/aromatic N) is 3. The van der Waals surface area contributed by atoms with E-state index in [4.69, 9.17) is 4.98 Å². The predicted octanol–water partition coefficient (Wildman–Crippen LogP) is 5.91. The van der Waals surface area contributed by atoms with Crippen molar-refractivity contribution in [1.82, 2.24) is 14.5 Å². The van der Waals surface area contributed by atoms with Crippen molar-refractivity contribution < 1.29 is 9.90 Å². The zero-order chi connectivity index (χ0) is 21.9. The Morgan fingerprint density at radius 3 is 2.72 bits per heavy atom. The van der Waals surface area contributed by atoms with Crippen molar-refractivity contribution in [2.45, 2.75) is 44.7 Å². The Balaban J connectivity index is 1.54. The number of rotatable bonds is 6. The van der Waals surface area contributed by atoms with E-state index in [2.05, 4.69) is 39.1 Å². The van der Waals surface area contributed by atoms with Crippen molar-refractivity contribution >= 4 is 22.7 Å². The van der Waals surface area contributed by atoms with Crippen LogP contribution in [0.3, 0.4) is 0 Å². The number of aromatic nitrogens is 3. The number of hydrogen-bond acceptors (Lipinski definition) is 4. The Morgan fingerprint density at radius 1 is 1.06 bits per heavy atom. The second kappa shape index (κ2) is 8.83. The smallest absolute Gasteiger partial charge is 0.335 e. The lowest BCUT2D eigenvalue weighted by Crippen LogP contribution is -2.14. The number of benzene rings is 2. The molecule has 0 bridgehead atoms. The molecule has 6 heteroatoms. The van der Waals surface area contributed by atoms with Crippen LogP contribution in [0.2, 0.25) is 0 Å². The highest BCUT2D eigenvalue weighted by molar-refractivity contribution is 5.93. The lowest BCUT2D eigenvalue weighted by atomic mass is 9.94. The first-order chi connectivity index (χ1) is 15.7. The third kappa shape index (κ3) is 4.08. The fourth-order valence-electron chi connectivity index (χ4n) is 4.64. The van der Waals surface area contributed by atoms with Crippen molar-refractivity contribution in [1.29, 1.82) is 0 Å². The molecule has 5 rings (SSSR count). The molecule has 32 heavy (non-hydrogen) atoms. The molecule has 2 aromatic heterocycles. The van der Waals surface area contributed by atoms with Crippen LogP contribution in [0.4, 0.5) is 5.69 Å². The van der Waals surface area contributed by atoms with E-state index >= 15 is 0 Å². The van der Waals surface area contributed by atoms with Crippen LogP contribution in [0.15, 0.2) is 67.0 Å². The Labute approximate surface area is 187 Å². The molecule has 0 saturated heterocycles. The number of carboxylic acids is 1. The van der Waals surface area contributed by atoms with Gasteiger partial charge >= 0.3 is 5.97 Å². The number of pyridine rings is 1. The highest BCUT2D eigenvalue weighted by Crippen LogP contribution is 2.36. The zero-order valence-corrected chi connectivity index (χ0v) is 17.9. The van der Waals surface area contributed by atoms with Gasteiger partial charge in [0.2, 0.25) is 0 Å². The van der Waals surface area contributed by atoms with Crippen molar-refractivity contribution in [2.24, 2.45) is 0 Å². The Bertz CT molecular complexity index is 1240. The molecule has 1 saturated carbocycles. The van der Waals surface area contributed by atoms with Gasteiger partial charge in [0.25, 0.3) is 0 Å². The van der Waals surface area contributed by atoms with E-state index in [1.165, 1.54) is 19.3 Å². The minimum absolute atomic E-state index is 0.270. The van der Waals surface area contributed by atoms with Gasteiger partial charge in [-0.1, -0.05) is 37.5 Å². The standard InChI is InChI=1S/C26H26N4O2/c31-26(32)20-11-12-24-23(15-20)29-25(30(24)22-9-2-1-3-10-22)19-7-4-6-18(14-19)16-28-21-8-5-13-27-17-21/h4-8,11-15,17,22,28H,1-3,9-10,16H2,(H,31,32). The average Bonchev–Trinajstić information content (AvgIpc) is 3.23. The fraction of sp³-hybridized carbons (Fsp3) is 0.269. The van der Waals surface area contributed by atoms with Crippen LogP contribution in [-0.4, -0.2) is 25.6 Å². The van der Waals surface area contributed by atoms with Gasteiger partial charge in [-0.2, -0.15) is 0 Å². The number of hydrogen-bond donors (Lipinski definition) is 2. The number of aromatic carboxylic acids is 1. The molecule has 4 aromatic rings. The Kier molecular flexibility index (Phi) is 5.58. The Morgan fingerprint density at radius 2 is 1.94 bits per heavy atom. The van der Waals surface area contributed by atoms with E-state index in [0.717, 1.165) is 46.5 Å². The summed E-state index contributed by atoms with van der Waals surface area (Å²) < 4.78 is 2.34. The van der Waals surface area contributed by atoms with E-state index in [-0.39, 0.29) is 5.56 Å². The second-order valence-electron chi connectivity index (χ2n) is 8.40. The summed E-state index contributed by atoms with van der Waals surface area (Å²) in [6, 6.07) is 18.0. The minimum Gasteiger partial charge on any atom is -0.478 e. The van der Waals surface area contributed by atoms with Crippen LogP contribution in [0, 0.1) is 0 Å². The Hall–Kier alpha value is -3.67. The predicted molar refractivity (Wildman–Crippen MR) is 126 cm³/mol. The van der Waals surface area contributed by atoms with Crippen molar-refractivity contribution in [3.8, 4) is 11.4 Å². The molecule has 162 valence electrons. The highest BCUT2D eigenvalue weighted by Gasteiger charge is 2.23. The van der Waals surface area contributed by atoms with Crippen molar-refractivity contribution in [3.63, 3.8) is 0 Å². The summed E-state index contributed by atoms with van der Waals surface area (Å²) in [5, 5.41) is 12.8. The van der Waals surface area contributed by atoms with Gasteiger partial charge in [-0.25, -0.2) is 9.78 Å². The van der Waals surface area contributed by atoms with Crippen LogP contribution in [0.5, 0.6) is 0 Å². The number of imidazole rings is 1. The van der Waals surface area contributed by atoms with Crippen molar-refractivity contribution in [3.05, 3.63) is 78.1 Å². The molecule has 0 amide bonds. The third-order valence-corrected chi connectivity index (χ3v) is 6.22. The van der Waals surface area contributed by atoms with Crippen LogP contribution >= 0.6 is 0 Å². The van der Waals surface area contributed by atoms with Crippen molar-refractivity contribution in [2.75, 3.05) is 5.32 Å². The van der Waals surface area contributed by atoms with Gasteiger partial charge in [0, 0.05) is 30.5 Å². The van der Waals surface area contributed by atoms with Gasteiger partial charge in [-0.05, 0) is 54.8 Å². The SMILES string of the molecule is O=C(O)c1ccc2c(c1)nc(-c1cccc(CNc3cccnc3)c1)n2C1CCCCC1. The molecule has 0 atom stereocenters. The van der Waals surface area contributed by atoms with Crippen LogP contribution in [-0.2, 0) is 6.54 Å². The molecular formula is C26H26N4O2. The molecule has 2 N–H and O–H groups in total. The monoisotopic (exact) mass is 426 g/mol. The summed E-state index contributed by atoms with van der Waals surface area (Å²) in [5.41, 5.74) is 5.20. The maximum Gasteiger partial charge on any atom is 0.335 e. The number of fused-ring (bicyclic) bond motifs is 1. The van der Waals surface area contributed by atoms with Crippen LogP contribution in [0.25, 0.3) is 22.4 Å². The minimum atomic E-state index is -0.927. The maximum absolute atomic E-state index is 11.5. The molecule has 1 aliphatic carbocycles. The van der Waals surface area contributed by atoms with Gasteiger partial charge in [-0.15, -0.1) is 0 Å². The molecule has 0 radical (unpaired) electrons. The van der Waals surface area contributed by atoms with E-state index in [1.807, 2.05) is 24.4 Å². The highest BCUT2D eigenvalue weighted by atomic mass is 16.4. The van der Waals surface area contributed by atoms with E-state index in [0.29, 0.717) is 12.6 Å². The van der Waals surface area contributed by atoms with Gasteiger partial charge in [0.15, 0.2) is 0 Å².